The SMILES string of the molecule is CC(C)(C)C(=O)CSC1=N/C(=C\c2ccccc2)C(=O)N1c1ccc(F)cc1. The molecule has 2 aromatic rings. The third kappa shape index (κ3) is 4.57. The summed E-state index contributed by atoms with van der Waals surface area (Å²) in [5, 5.41) is 0.413. The molecular formula is C22H21FN2O2S. The van der Waals surface area contributed by atoms with Crippen LogP contribution in [0.25, 0.3) is 6.08 Å². The number of benzene rings is 2. The third-order valence-electron chi connectivity index (χ3n) is 4.19. The number of hydrogen-bond acceptors (Lipinski definition) is 4. The number of carbonyl (C=O) groups excluding carboxylic acids is 2. The van der Waals surface area contributed by atoms with Gasteiger partial charge in [-0.05, 0) is 35.9 Å². The summed E-state index contributed by atoms with van der Waals surface area (Å²) in [6, 6.07) is 15.1. The molecule has 0 saturated carbocycles. The zero-order valence-corrected chi connectivity index (χ0v) is 16.8. The van der Waals surface area contributed by atoms with Gasteiger partial charge in [0.15, 0.2) is 5.17 Å². The van der Waals surface area contributed by atoms with E-state index in [1.807, 2.05) is 51.1 Å². The van der Waals surface area contributed by atoms with Gasteiger partial charge < -0.3 is 0 Å². The molecule has 3 rings (SSSR count). The van der Waals surface area contributed by atoms with Gasteiger partial charge in [0.1, 0.15) is 17.3 Å². The van der Waals surface area contributed by atoms with Gasteiger partial charge in [0.05, 0.1) is 11.4 Å². The van der Waals surface area contributed by atoms with E-state index in [4.69, 9.17) is 0 Å². The largest absolute Gasteiger partial charge is 0.298 e. The van der Waals surface area contributed by atoms with Gasteiger partial charge in [-0.1, -0.05) is 62.9 Å². The molecule has 1 aliphatic heterocycles. The minimum Gasteiger partial charge on any atom is -0.298 e. The van der Waals surface area contributed by atoms with Gasteiger partial charge in [-0.2, -0.15) is 0 Å². The van der Waals surface area contributed by atoms with Crippen molar-refractivity contribution < 1.29 is 14.0 Å². The maximum absolute atomic E-state index is 13.3. The first-order chi connectivity index (χ1) is 13.3. The number of rotatable bonds is 4. The van der Waals surface area contributed by atoms with Crippen LogP contribution in [-0.4, -0.2) is 22.6 Å². The second-order valence-corrected chi connectivity index (χ2v) is 8.36. The molecule has 0 spiro atoms. The first-order valence-electron chi connectivity index (χ1n) is 8.87. The lowest BCUT2D eigenvalue weighted by molar-refractivity contribution is -0.123. The minimum atomic E-state index is -0.473. The van der Waals surface area contributed by atoms with Crippen LogP contribution in [0, 0.1) is 11.2 Å². The molecule has 0 unspecified atom stereocenters. The number of carbonyl (C=O) groups is 2. The van der Waals surface area contributed by atoms with E-state index in [9.17, 15) is 14.0 Å². The van der Waals surface area contributed by atoms with Gasteiger partial charge in [0, 0.05) is 5.41 Å². The average molecular weight is 396 g/mol. The Balaban J connectivity index is 1.93. The number of hydrogen-bond donors (Lipinski definition) is 0. The summed E-state index contributed by atoms with van der Waals surface area (Å²) in [5.74, 6) is -0.427. The smallest absolute Gasteiger partial charge is 0.283 e. The first-order valence-corrected chi connectivity index (χ1v) is 9.86. The molecule has 0 saturated heterocycles. The van der Waals surface area contributed by atoms with Crippen molar-refractivity contribution in [3.63, 3.8) is 0 Å². The van der Waals surface area contributed by atoms with Crippen LogP contribution >= 0.6 is 11.8 Å². The quantitative estimate of drug-likeness (QED) is 0.690. The highest BCUT2D eigenvalue weighted by molar-refractivity contribution is 8.14. The van der Waals surface area contributed by atoms with Gasteiger partial charge in [-0.15, -0.1) is 0 Å². The first kappa shape index (κ1) is 20.0. The van der Waals surface area contributed by atoms with Crippen LogP contribution in [0.3, 0.4) is 0 Å². The molecule has 1 heterocycles. The Morgan fingerprint density at radius 3 is 2.36 bits per heavy atom. The molecule has 0 atom stereocenters. The standard InChI is InChI=1S/C22H21FN2O2S/c1-22(2,3)19(26)14-28-21-24-18(13-15-7-5-4-6-8-15)20(27)25(21)17-11-9-16(23)10-12-17/h4-13H,14H2,1-3H3/b18-13-. The number of ketones is 1. The number of aliphatic imine (C=N–C) groups is 1. The van der Waals surface area contributed by atoms with E-state index in [1.54, 1.807) is 6.08 Å². The van der Waals surface area contributed by atoms with Crippen molar-refractivity contribution in [2.24, 2.45) is 10.4 Å². The van der Waals surface area contributed by atoms with Gasteiger partial charge >= 0.3 is 0 Å². The van der Waals surface area contributed by atoms with Crippen molar-refractivity contribution in [3.05, 3.63) is 71.7 Å². The van der Waals surface area contributed by atoms with Crippen LogP contribution in [0.2, 0.25) is 0 Å². The fraction of sp³-hybridized carbons (Fsp3) is 0.227. The third-order valence-corrected chi connectivity index (χ3v) is 5.12. The van der Waals surface area contributed by atoms with Crippen LogP contribution in [0.4, 0.5) is 10.1 Å². The molecule has 6 heteroatoms. The summed E-state index contributed by atoms with van der Waals surface area (Å²) in [4.78, 5) is 31.2. The Morgan fingerprint density at radius 2 is 1.75 bits per heavy atom. The monoisotopic (exact) mass is 396 g/mol. The van der Waals surface area contributed by atoms with E-state index in [1.165, 1.54) is 40.9 Å². The zero-order valence-electron chi connectivity index (χ0n) is 16.0. The fourth-order valence-electron chi connectivity index (χ4n) is 2.46. The molecule has 0 aliphatic carbocycles. The molecule has 1 amide bonds. The van der Waals surface area contributed by atoms with Crippen LogP contribution < -0.4 is 4.90 Å². The van der Waals surface area contributed by atoms with E-state index >= 15 is 0 Å². The van der Waals surface area contributed by atoms with Gasteiger partial charge in [0.25, 0.3) is 5.91 Å². The van der Waals surface area contributed by atoms with E-state index in [2.05, 4.69) is 4.99 Å². The van der Waals surface area contributed by atoms with E-state index < -0.39 is 5.41 Å². The Hall–Kier alpha value is -2.73. The normalized spacial score (nSPS) is 15.9. The molecule has 0 aromatic heterocycles. The lowest BCUT2D eigenvalue weighted by Gasteiger charge is -2.20. The Bertz CT molecular complexity index is 945. The van der Waals surface area contributed by atoms with Crippen molar-refractivity contribution in [1.82, 2.24) is 0 Å². The number of amides is 1. The number of thioether (sulfide) groups is 1. The predicted octanol–water partition coefficient (Wildman–Crippen LogP) is 4.92. The molecule has 0 bridgehead atoms. The van der Waals surface area contributed by atoms with Crippen LogP contribution in [0.1, 0.15) is 26.3 Å². The number of halogens is 1. The summed E-state index contributed by atoms with van der Waals surface area (Å²) in [7, 11) is 0. The highest BCUT2D eigenvalue weighted by atomic mass is 32.2. The van der Waals surface area contributed by atoms with Crippen LogP contribution in [-0.2, 0) is 9.59 Å². The summed E-state index contributed by atoms with van der Waals surface area (Å²) in [6.07, 6.45) is 1.71. The molecule has 144 valence electrons. The minimum absolute atomic E-state index is 0.0622. The predicted molar refractivity (Wildman–Crippen MR) is 113 cm³/mol. The summed E-state index contributed by atoms with van der Waals surface area (Å²) >= 11 is 1.22. The molecule has 1 aliphatic rings. The Kier molecular flexibility index (Phi) is 5.79. The van der Waals surface area contributed by atoms with Crippen LogP contribution in [0.15, 0.2) is 65.3 Å². The molecule has 28 heavy (non-hydrogen) atoms. The highest BCUT2D eigenvalue weighted by Crippen LogP contribution is 2.30. The highest BCUT2D eigenvalue weighted by Gasteiger charge is 2.33. The molecule has 4 nitrogen and oxygen atoms in total. The summed E-state index contributed by atoms with van der Waals surface area (Å²) in [5.41, 5.74) is 1.17. The molecule has 0 radical (unpaired) electrons. The number of nitrogens with zero attached hydrogens (tertiary/aromatic N) is 2. The molecular weight excluding hydrogens is 375 g/mol. The van der Waals surface area contributed by atoms with Crippen molar-refractivity contribution in [2.75, 3.05) is 10.7 Å². The van der Waals surface area contributed by atoms with Gasteiger partial charge in [-0.3, -0.25) is 14.5 Å². The van der Waals surface area contributed by atoms with Gasteiger partial charge in [-0.25, -0.2) is 9.38 Å². The molecule has 0 fully saturated rings. The Labute approximate surface area is 168 Å². The maximum Gasteiger partial charge on any atom is 0.283 e. The maximum atomic E-state index is 13.3. The average Bonchev–Trinajstić information content (AvgIpc) is 2.96. The van der Waals surface area contributed by atoms with E-state index in [0.717, 1.165) is 5.56 Å². The zero-order chi connectivity index (χ0) is 20.3. The Morgan fingerprint density at radius 1 is 1.11 bits per heavy atom. The van der Waals surface area contributed by atoms with Crippen molar-refractivity contribution >= 4 is 40.4 Å². The fourth-order valence-corrected chi connectivity index (χ4v) is 3.64. The van der Waals surface area contributed by atoms with Crippen molar-refractivity contribution in [3.8, 4) is 0 Å². The van der Waals surface area contributed by atoms with Gasteiger partial charge in [0.2, 0.25) is 0 Å². The summed E-state index contributed by atoms with van der Waals surface area (Å²) in [6.45, 7) is 5.57. The topological polar surface area (TPSA) is 49.7 Å². The lowest BCUT2D eigenvalue weighted by atomic mass is 9.92. The second-order valence-electron chi connectivity index (χ2n) is 7.41. The van der Waals surface area contributed by atoms with E-state index in [-0.39, 0.29) is 29.0 Å². The number of Topliss-reactive ketones (excluding diaryl/α,β-unsaturated/α-hetero) is 1. The van der Waals surface area contributed by atoms with Crippen molar-refractivity contribution in [1.29, 1.82) is 0 Å². The number of anilines is 1. The van der Waals surface area contributed by atoms with Crippen LogP contribution in [0.5, 0.6) is 0 Å². The summed E-state index contributed by atoms with van der Waals surface area (Å²) < 4.78 is 13.3. The van der Waals surface area contributed by atoms with Crippen molar-refractivity contribution in [2.45, 2.75) is 20.8 Å². The molecule has 2 aromatic carbocycles. The molecule has 0 N–H and O–H groups in total. The van der Waals surface area contributed by atoms with E-state index in [0.29, 0.717) is 10.9 Å². The number of amidine groups is 1. The second kappa shape index (κ2) is 8.10. The lowest BCUT2D eigenvalue weighted by Crippen LogP contribution is -2.31.